The maximum Gasteiger partial charge on any atom is 0.163 e. The second kappa shape index (κ2) is 9.24. The highest BCUT2D eigenvalue weighted by molar-refractivity contribution is 5.91. The SMILES string of the molecule is CC=NC.c1ccc(CNc2ccnc(-c3c[nH]c4ncccc34)n2)cc1. The van der Waals surface area contributed by atoms with Gasteiger partial charge in [-0.1, -0.05) is 30.3 Å². The van der Waals surface area contributed by atoms with Gasteiger partial charge in [-0.15, -0.1) is 0 Å². The van der Waals surface area contributed by atoms with E-state index in [2.05, 4.69) is 42.4 Å². The lowest BCUT2D eigenvalue weighted by atomic mass is 10.2. The van der Waals surface area contributed by atoms with Crippen LogP contribution < -0.4 is 5.32 Å². The third-order valence-corrected chi connectivity index (χ3v) is 3.92. The Labute approximate surface area is 158 Å². The fourth-order valence-corrected chi connectivity index (χ4v) is 2.52. The normalized spacial score (nSPS) is 10.6. The Morgan fingerprint density at radius 2 is 1.85 bits per heavy atom. The van der Waals surface area contributed by atoms with E-state index in [4.69, 9.17) is 0 Å². The molecule has 0 aliphatic carbocycles. The maximum atomic E-state index is 4.61. The minimum absolute atomic E-state index is 0.683. The van der Waals surface area contributed by atoms with Gasteiger partial charge in [-0.25, -0.2) is 15.0 Å². The smallest absolute Gasteiger partial charge is 0.163 e. The van der Waals surface area contributed by atoms with Gasteiger partial charge in [0.1, 0.15) is 11.5 Å². The number of hydrogen-bond acceptors (Lipinski definition) is 5. The van der Waals surface area contributed by atoms with Crippen LogP contribution >= 0.6 is 0 Å². The summed E-state index contributed by atoms with van der Waals surface area (Å²) in [6.45, 7) is 2.62. The number of nitrogens with zero attached hydrogens (tertiary/aromatic N) is 4. The van der Waals surface area contributed by atoms with E-state index in [0.29, 0.717) is 5.82 Å². The molecule has 1 aromatic carbocycles. The van der Waals surface area contributed by atoms with Gasteiger partial charge in [0.2, 0.25) is 0 Å². The van der Waals surface area contributed by atoms with Crippen LogP contribution in [0.15, 0.2) is 72.1 Å². The Bertz CT molecular complexity index is 1000. The van der Waals surface area contributed by atoms with Crippen molar-refractivity contribution in [1.29, 1.82) is 0 Å². The molecule has 0 bridgehead atoms. The number of benzene rings is 1. The largest absolute Gasteiger partial charge is 0.366 e. The lowest BCUT2D eigenvalue weighted by molar-refractivity contribution is 1.09. The molecule has 0 atom stereocenters. The van der Waals surface area contributed by atoms with Crippen molar-refractivity contribution in [2.24, 2.45) is 4.99 Å². The average Bonchev–Trinajstić information content (AvgIpc) is 3.18. The van der Waals surface area contributed by atoms with E-state index in [0.717, 1.165) is 29.0 Å². The van der Waals surface area contributed by atoms with E-state index in [9.17, 15) is 0 Å². The predicted octanol–water partition coefficient (Wildman–Crippen LogP) is 4.34. The van der Waals surface area contributed by atoms with Crippen LogP contribution in [0.4, 0.5) is 5.82 Å². The summed E-state index contributed by atoms with van der Waals surface area (Å²) in [6.07, 6.45) is 7.18. The summed E-state index contributed by atoms with van der Waals surface area (Å²) in [5.41, 5.74) is 3.01. The lowest BCUT2D eigenvalue weighted by Crippen LogP contribution is -2.02. The Balaban J connectivity index is 0.000000481. The highest BCUT2D eigenvalue weighted by Crippen LogP contribution is 2.25. The summed E-state index contributed by atoms with van der Waals surface area (Å²) in [5.74, 6) is 1.49. The van der Waals surface area contributed by atoms with Gasteiger partial charge in [-0.2, -0.15) is 0 Å². The van der Waals surface area contributed by atoms with E-state index in [1.165, 1.54) is 5.56 Å². The van der Waals surface area contributed by atoms with Gasteiger partial charge in [0, 0.05) is 43.1 Å². The molecule has 0 radical (unpaired) electrons. The van der Waals surface area contributed by atoms with Crippen LogP contribution in [0.2, 0.25) is 0 Å². The Hall–Kier alpha value is -3.54. The molecule has 0 aliphatic heterocycles. The van der Waals surface area contributed by atoms with E-state index in [1.54, 1.807) is 25.7 Å². The molecule has 0 unspecified atom stereocenters. The summed E-state index contributed by atoms with van der Waals surface area (Å²) in [6, 6.07) is 16.0. The zero-order chi connectivity index (χ0) is 18.9. The minimum atomic E-state index is 0.683. The van der Waals surface area contributed by atoms with Crippen molar-refractivity contribution in [3.05, 3.63) is 72.7 Å². The molecule has 3 heterocycles. The predicted molar refractivity (Wildman–Crippen MR) is 111 cm³/mol. The topological polar surface area (TPSA) is 78.9 Å². The Morgan fingerprint density at radius 1 is 1.04 bits per heavy atom. The molecule has 2 N–H and O–H groups in total. The van der Waals surface area contributed by atoms with Crippen molar-refractivity contribution in [1.82, 2.24) is 19.9 Å². The first-order valence-corrected chi connectivity index (χ1v) is 8.72. The summed E-state index contributed by atoms with van der Waals surface area (Å²) >= 11 is 0. The summed E-state index contributed by atoms with van der Waals surface area (Å²) < 4.78 is 0. The molecule has 136 valence electrons. The lowest BCUT2D eigenvalue weighted by Gasteiger charge is -2.06. The van der Waals surface area contributed by atoms with Crippen molar-refractivity contribution in [2.45, 2.75) is 13.5 Å². The van der Waals surface area contributed by atoms with E-state index in [-0.39, 0.29) is 0 Å². The number of aromatic nitrogens is 4. The molecule has 4 aromatic rings. The van der Waals surface area contributed by atoms with Crippen LogP contribution in [-0.4, -0.2) is 33.2 Å². The van der Waals surface area contributed by atoms with Crippen molar-refractivity contribution in [3.8, 4) is 11.4 Å². The van der Waals surface area contributed by atoms with Crippen LogP contribution in [0.5, 0.6) is 0 Å². The Morgan fingerprint density at radius 3 is 2.63 bits per heavy atom. The number of anilines is 1. The van der Waals surface area contributed by atoms with E-state index < -0.39 is 0 Å². The minimum Gasteiger partial charge on any atom is -0.366 e. The molecule has 0 spiro atoms. The van der Waals surface area contributed by atoms with Crippen LogP contribution in [-0.2, 0) is 6.54 Å². The van der Waals surface area contributed by atoms with Crippen LogP contribution in [0.3, 0.4) is 0 Å². The molecule has 0 fully saturated rings. The molecular weight excluding hydrogens is 336 g/mol. The number of aliphatic imine (C=N–C) groups is 1. The highest BCUT2D eigenvalue weighted by Gasteiger charge is 2.09. The van der Waals surface area contributed by atoms with Gasteiger partial charge in [0.05, 0.1) is 0 Å². The number of pyridine rings is 1. The van der Waals surface area contributed by atoms with Gasteiger partial charge in [0.25, 0.3) is 0 Å². The quantitative estimate of drug-likeness (QED) is 0.532. The third-order valence-electron chi connectivity index (χ3n) is 3.92. The van der Waals surface area contributed by atoms with Crippen LogP contribution in [0, 0.1) is 0 Å². The zero-order valence-corrected chi connectivity index (χ0v) is 15.4. The number of hydrogen-bond donors (Lipinski definition) is 2. The van der Waals surface area contributed by atoms with Gasteiger partial charge < -0.3 is 15.3 Å². The second-order valence-corrected chi connectivity index (χ2v) is 5.72. The van der Waals surface area contributed by atoms with Gasteiger partial charge >= 0.3 is 0 Å². The van der Waals surface area contributed by atoms with Crippen molar-refractivity contribution in [2.75, 3.05) is 12.4 Å². The molecule has 6 nitrogen and oxygen atoms in total. The first kappa shape index (κ1) is 18.3. The third kappa shape index (κ3) is 4.76. The highest BCUT2D eigenvalue weighted by atomic mass is 15.0. The summed E-state index contributed by atoms with van der Waals surface area (Å²) in [4.78, 5) is 20.1. The second-order valence-electron chi connectivity index (χ2n) is 5.72. The summed E-state index contributed by atoms with van der Waals surface area (Å²) in [5, 5.41) is 4.36. The van der Waals surface area contributed by atoms with E-state index >= 15 is 0 Å². The number of rotatable bonds is 4. The number of nitrogens with one attached hydrogen (secondary N) is 2. The number of H-pyrrole nitrogens is 1. The van der Waals surface area contributed by atoms with Crippen molar-refractivity contribution < 1.29 is 0 Å². The van der Waals surface area contributed by atoms with Crippen molar-refractivity contribution in [3.63, 3.8) is 0 Å². The number of fused-ring (bicyclic) bond motifs is 1. The zero-order valence-electron chi connectivity index (χ0n) is 15.4. The van der Waals surface area contributed by atoms with E-state index in [1.807, 2.05) is 49.5 Å². The fourth-order valence-electron chi connectivity index (χ4n) is 2.52. The number of aromatic amines is 1. The summed E-state index contributed by atoms with van der Waals surface area (Å²) in [7, 11) is 1.75. The van der Waals surface area contributed by atoms with Gasteiger partial charge in [0.15, 0.2) is 5.82 Å². The molecule has 0 saturated carbocycles. The van der Waals surface area contributed by atoms with Crippen molar-refractivity contribution >= 4 is 23.1 Å². The molecule has 0 saturated heterocycles. The maximum absolute atomic E-state index is 4.61. The molecule has 27 heavy (non-hydrogen) atoms. The van der Waals surface area contributed by atoms with Gasteiger partial charge in [-0.05, 0) is 36.9 Å². The molecule has 4 rings (SSSR count). The van der Waals surface area contributed by atoms with Crippen LogP contribution in [0.1, 0.15) is 12.5 Å². The van der Waals surface area contributed by atoms with Gasteiger partial charge in [-0.3, -0.25) is 0 Å². The molecule has 6 heteroatoms. The molecule has 0 amide bonds. The molecule has 3 aromatic heterocycles. The van der Waals surface area contributed by atoms with Crippen LogP contribution in [0.25, 0.3) is 22.4 Å². The first-order valence-electron chi connectivity index (χ1n) is 8.72. The first-order chi connectivity index (χ1) is 13.3. The molecule has 0 aliphatic rings. The fraction of sp³-hybridized carbons (Fsp3) is 0.143. The Kier molecular flexibility index (Phi) is 6.25. The molecular formula is C21H22N6. The monoisotopic (exact) mass is 358 g/mol. The standard InChI is InChI=1S/C18H15N5.C3H7N/c1-2-5-13(6-3-1)11-21-16-8-10-20-18(23-16)15-12-22-17-14(15)7-4-9-19-17;1-3-4-2/h1-10,12H,11H2,(H,19,22)(H,20,21,23);3H,1-2H3. The average molecular weight is 358 g/mol.